The Kier molecular flexibility index (Phi) is 7.28. The molecule has 1 N–H and O–H groups in total. The molecule has 1 heterocycles. The number of pyridine rings is 1. The van der Waals surface area contributed by atoms with Crippen LogP contribution in [0.25, 0.3) is 22.0 Å². The summed E-state index contributed by atoms with van der Waals surface area (Å²) >= 11 is 5.94. The number of amides is 1. The van der Waals surface area contributed by atoms with Gasteiger partial charge in [0.15, 0.2) is 9.84 Å². The van der Waals surface area contributed by atoms with Gasteiger partial charge in [0, 0.05) is 22.2 Å². The molecule has 7 heteroatoms. The minimum atomic E-state index is -3.23. The third-order valence-electron chi connectivity index (χ3n) is 4.63. The number of carbonyl (C=O) groups is 1. The summed E-state index contributed by atoms with van der Waals surface area (Å²) in [7, 11) is -3.23. The maximum absolute atomic E-state index is 12.4. The highest BCUT2D eigenvalue weighted by molar-refractivity contribution is 7.90. The zero-order valence-corrected chi connectivity index (χ0v) is 19.5. The molecule has 4 aromatic rings. The number of aromatic nitrogens is 1. The van der Waals surface area contributed by atoms with Crippen molar-refractivity contribution in [2.24, 2.45) is 0 Å². The fourth-order valence-corrected chi connectivity index (χ4v) is 3.91. The van der Waals surface area contributed by atoms with E-state index in [1.807, 2.05) is 38.1 Å². The van der Waals surface area contributed by atoms with Crippen molar-refractivity contribution in [3.05, 3.63) is 89.4 Å². The maximum atomic E-state index is 12.4. The van der Waals surface area contributed by atoms with Crippen molar-refractivity contribution in [3.8, 4) is 11.1 Å². The fraction of sp³-hybridized carbons (Fsp3) is 0.120. The van der Waals surface area contributed by atoms with Crippen LogP contribution in [0.1, 0.15) is 24.2 Å². The van der Waals surface area contributed by atoms with Crippen LogP contribution >= 0.6 is 11.6 Å². The molecule has 0 aliphatic carbocycles. The predicted molar refractivity (Wildman–Crippen MR) is 131 cm³/mol. The molecule has 0 radical (unpaired) electrons. The van der Waals surface area contributed by atoms with E-state index >= 15 is 0 Å². The molecule has 1 amide bonds. The van der Waals surface area contributed by atoms with Crippen molar-refractivity contribution < 1.29 is 13.2 Å². The van der Waals surface area contributed by atoms with Gasteiger partial charge in [-0.1, -0.05) is 49.7 Å². The van der Waals surface area contributed by atoms with Gasteiger partial charge in [-0.3, -0.25) is 4.79 Å². The van der Waals surface area contributed by atoms with E-state index in [0.29, 0.717) is 16.4 Å². The summed E-state index contributed by atoms with van der Waals surface area (Å²) in [5, 5.41) is 4.17. The highest BCUT2D eigenvalue weighted by Gasteiger charge is 2.10. The first-order chi connectivity index (χ1) is 15.3. The zero-order valence-electron chi connectivity index (χ0n) is 18.0. The molecule has 0 fully saturated rings. The highest BCUT2D eigenvalue weighted by Crippen LogP contribution is 2.26. The summed E-state index contributed by atoms with van der Waals surface area (Å²) in [4.78, 5) is 17.2. The molecule has 164 valence electrons. The number of benzene rings is 3. The average Bonchev–Trinajstić information content (AvgIpc) is 2.79. The number of nitrogens with one attached hydrogen (secondary N) is 1. The Balaban J connectivity index is 0.00000141. The van der Waals surface area contributed by atoms with Gasteiger partial charge < -0.3 is 5.32 Å². The topological polar surface area (TPSA) is 76.1 Å². The zero-order chi connectivity index (χ0) is 23.3. The molecule has 1 aromatic heterocycles. The third kappa shape index (κ3) is 5.52. The maximum Gasteiger partial charge on any atom is 0.256 e. The fourth-order valence-electron chi connectivity index (χ4n) is 3.09. The van der Waals surface area contributed by atoms with E-state index in [0.717, 1.165) is 22.0 Å². The Labute approximate surface area is 193 Å². The van der Waals surface area contributed by atoms with Gasteiger partial charge >= 0.3 is 0 Å². The van der Waals surface area contributed by atoms with E-state index in [2.05, 4.69) is 10.3 Å². The number of hydrogen-bond donors (Lipinski definition) is 1. The Morgan fingerprint density at radius 2 is 1.56 bits per heavy atom. The number of hydrogen-bond acceptors (Lipinski definition) is 4. The van der Waals surface area contributed by atoms with E-state index in [4.69, 9.17) is 11.6 Å². The monoisotopic (exact) mass is 466 g/mol. The molecule has 0 spiro atoms. The summed E-state index contributed by atoms with van der Waals surface area (Å²) in [5.41, 5.74) is 3.04. The van der Waals surface area contributed by atoms with Gasteiger partial charge in [0.1, 0.15) is 5.82 Å². The number of halogens is 1. The van der Waals surface area contributed by atoms with Gasteiger partial charge in [0.05, 0.1) is 10.4 Å². The average molecular weight is 467 g/mol. The quantitative estimate of drug-likeness (QED) is 0.386. The Bertz CT molecular complexity index is 1370. The van der Waals surface area contributed by atoms with E-state index in [9.17, 15) is 13.2 Å². The first-order valence-corrected chi connectivity index (χ1v) is 12.3. The van der Waals surface area contributed by atoms with Crippen molar-refractivity contribution in [1.82, 2.24) is 4.98 Å². The summed E-state index contributed by atoms with van der Waals surface area (Å²) in [6, 6.07) is 22.8. The molecule has 0 unspecified atom stereocenters. The van der Waals surface area contributed by atoms with Crippen LogP contribution in [0.2, 0.25) is 5.02 Å². The van der Waals surface area contributed by atoms with E-state index in [-0.39, 0.29) is 10.8 Å². The number of fused-ring (bicyclic) bond motifs is 1. The smallest absolute Gasteiger partial charge is 0.256 e. The highest BCUT2D eigenvalue weighted by atomic mass is 35.5. The van der Waals surface area contributed by atoms with Gasteiger partial charge in [-0.2, -0.15) is 0 Å². The Hall–Kier alpha value is -3.22. The second-order valence-electron chi connectivity index (χ2n) is 6.86. The third-order valence-corrected chi connectivity index (χ3v) is 6.00. The van der Waals surface area contributed by atoms with Crippen molar-refractivity contribution in [3.63, 3.8) is 0 Å². The van der Waals surface area contributed by atoms with E-state index in [1.54, 1.807) is 54.6 Å². The van der Waals surface area contributed by atoms with Crippen LogP contribution in [-0.4, -0.2) is 25.6 Å². The predicted octanol–water partition coefficient (Wildman–Crippen LogP) is 6.24. The number of anilines is 1. The van der Waals surface area contributed by atoms with Crippen LogP contribution in [0, 0.1) is 0 Å². The Morgan fingerprint density at radius 3 is 2.22 bits per heavy atom. The molecule has 0 atom stereocenters. The number of rotatable bonds is 4. The molecular formula is C25H23ClN2O3S. The number of sulfone groups is 1. The Morgan fingerprint density at radius 1 is 0.875 bits per heavy atom. The van der Waals surface area contributed by atoms with E-state index in [1.165, 1.54) is 6.26 Å². The summed E-state index contributed by atoms with van der Waals surface area (Å²) in [6.07, 6.45) is 1.19. The second-order valence-corrected chi connectivity index (χ2v) is 9.32. The van der Waals surface area contributed by atoms with Crippen LogP contribution in [0.4, 0.5) is 5.82 Å². The lowest BCUT2D eigenvalue weighted by atomic mass is 10.0. The van der Waals surface area contributed by atoms with Crippen LogP contribution in [0.5, 0.6) is 0 Å². The first kappa shape index (κ1) is 23.4. The van der Waals surface area contributed by atoms with Gasteiger partial charge in [-0.25, -0.2) is 13.4 Å². The molecule has 4 rings (SSSR count). The first-order valence-electron chi connectivity index (χ1n) is 10.1. The molecule has 32 heavy (non-hydrogen) atoms. The lowest BCUT2D eigenvalue weighted by Gasteiger charge is -2.08. The molecule has 5 nitrogen and oxygen atoms in total. The molecule has 3 aromatic carbocycles. The molecule has 0 aliphatic rings. The number of nitrogens with zero attached hydrogens (tertiary/aromatic N) is 1. The summed E-state index contributed by atoms with van der Waals surface area (Å²) in [5.74, 6) is 0.157. The van der Waals surface area contributed by atoms with Crippen LogP contribution < -0.4 is 5.32 Å². The van der Waals surface area contributed by atoms with Crippen molar-refractivity contribution in [2.75, 3.05) is 11.6 Å². The summed E-state index contributed by atoms with van der Waals surface area (Å²) in [6.45, 7) is 4.00. The van der Waals surface area contributed by atoms with Gasteiger partial charge in [-0.05, 0) is 65.7 Å². The largest absolute Gasteiger partial charge is 0.307 e. The van der Waals surface area contributed by atoms with Gasteiger partial charge in [0.2, 0.25) is 0 Å². The van der Waals surface area contributed by atoms with Crippen LogP contribution in [-0.2, 0) is 9.84 Å². The minimum absolute atomic E-state index is 0.285. The van der Waals surface area contributed by atoms with Gasteiger partial charge in [-0.15, -0.1) is 0 Å². The molecular weight excluding hydrogens is 444 g/mol. The second kappa shape index (κ2) is 9.94. The lowest BCUT2D eigenvalue weighted by Crippen LogP contribution is -2.12. The number of carbonyl (C=O) groups excluding carboxylic acids is 1. The summed E-state index contributed by atoms with van der Waals surface area (Å²) < 4.78 is 23.3. The molecule has 0 saturated heterocycles. The van der Waals surface area contributed by atoms with Gasteiger partial charge in [0.25, 0.3) is 5.91 Å². The van der Waals surface area contributed by atoms with Crippen LogP contribution in [0.15, 0.2) is 83.8 Å². The lowest BCUT2D eigenvalue weighted by molar-refractivity contribution is 0.102. The van der Waals surface area contributed by atoms with E-state index < -0.39 is 9.84 Å². The minimum Gasteiger partial charge on any atom is -0.307 e. The van der Waals surface area contributed by atoms with Crippen molar-refractivity contribution >= 4 is 44.1 Å². The van der Waals surface area contributed by atoms with Crippen LogP contribution in [0.3, 0.4) is 0 Å². The normalized spacial score (nSPS) is 10.9. The standard InChI is InChI=1S/C23H17ClN2O3S.C2H6/c1-30(28,29)20-9-5-15(6-10-20)16-7-11-21-17(13-16)8-12-22(25-21)26-23(27)18-3-2-4-19(24)14-18;1-2/h2-14H,1H3,(H,25,26,27);1-2H3. The molecule has 0 bridgehead atoms. The van der Waals surface area contributed by atoms with Crippen molar-refractivity contribution in [1.29, 1.82) is 0 Å². The molecule has 0 aliphatic heterocycles. The molecule has 0 saturated carbocycles. The van der Waals surface area contributed by atoms with Crippen molar-refractivity contribution in [2.45, 2.75) is 18.7 Å². The SMILES string of the molecule is CC.CS(=O)(=O)c1ccc(-c2ccc3nc(NC(=O)c4cccc(Cl)c4)ccc3c2)cc1.